The minimum atomic E-state index is -0.459. The van der Waals surface area contributed by atoms with Gasteiger partial charge in [0.05, 0.1) is 28.1 Å². The molecular formula is C19H15N3O3. The summed E-state index contributed by atoms with van der Waals surface area (Å²) in [5.74, 6) is 0.640. The van der Waals surface area contributed by atoms with Crippen molar-refractivity contribution in [2.75, 3.05) is 5.73 Å². The van der Waals surface area contributed by atoms with Crippen molar-refractivity contribution in [2.24, 2.45) is 0 Å². The Bertz CT molecular complexity index is 1000. The van der Waals surface area contributed by atoms with Crippen LogP contribution in [0.4, 0.5) is 11.4 Å². The van der Waals surface area contributed by atoms with E-state index < -0.39 is 4.92 Å². The molecule has 0 fully saturated rings. The number of rotatable bonds is 5. The third-order valence-corrected chi connectivity index (χ3v) is 3.64. The first-order chi connectivity index (χ1) is 12.1. The molecule has 0 aliphatic heterocycles. The number of nitro groups is 1. The lowest BCUT2D eigenvalue weighted by molar-refractivity contribution is -0.383. The molecule has 6 heteroatoms. The number of allylic oxidation sites excluding steroid dienone is 2. The highest BCUT2D eigenvalue weighted by Crippen LogP contribution is 2.34. The fraction of sp³-hybridized carbons (Fsp3) is 0. The second-order valence-electron chi connectivity index (χ2n) is 5.20. The highest BCUT2D eigenvalue weighted by atomic mass is 16.6. The zero-order valence-electron chi connectivity index (χ0n) is 13.3. The van der Waals surface area contributed by atoms with Crippen molar-refractivity contribution in [3.63, 3.8) is 0 Å². The maximum atomic E-state index is 11.3. The Morgan fingerprint density at radius 3 is 2.72 bits per heavy atom. The Labute approximate surface area is 143 Å². The van der Waals surface area contributed by atoms with E-state index in [2.05, 4.69) is 11.6 Å². The maximum absolute atomic E-state index is 11.3. The lowest BCUT2D eigenvalue weighted by atomic mass is 10.0. The number of nitrogen functional groups attached to an aromatic ring is 1. The number of hydrogen-bond acceptors (Lipinski definition) is 5. The molecule has 0 aliphatic carbocycles. The van der Waals surface area contributed by atoms with Crippen LogP contribution in [-0.4, -0.2) is 9.91 Å². The molecule has 0 bridgehead atoms. The molecule has 0 spiro atoms. The summed E-state index contributed by atoms with van der Waals surface area (Å²) in [5, 5.41) is 11.7. The number of nitrogens with zero attached hydrogens (tertiary/aromatic N) is 2. The van der Waals surface area contributed by atoms with E-state index in [0.29, 0.717) is 33.6 Å². The van der Waals surface area contributed by atoms with Crippen LogP contribution in [0.1, 0.15) is 17.0 Å². The first kappa shape index (κ1) is 16.2. The van der Waals surface area contributed by atoms with Crippen LogP contribution in [0.15, 0.2) is 59.7 Å². The molecule has 0 amide bonds. The Morgan fingerprint density at radius 2 is 2.04 bits per heavy atom. The third-order valence-electron chi connectivity index (χ3n) is 3.64. The molecule has 0 radical (unpaired) electrons. The first-order valence-electron chi connectivity index (χ1n) is 7.49. The summed E-state index contributed by atoms with van der Waals surface area (Å²) in [5.41, 5.74) is 8.14. The monoisotopic (exact) mass is 333 g/mol. The van der Waals surface area contributed by atoms with E-state index in [1.165, 1.54) is 6.07 Å². The Hall–Kier alpha value is -3.67. The van der Waals surface area contributed by atoms with Gasteiger partial charge in [0.15, 0.2) is 0 Å². The molecule has 1 aromatic carbocycles. The predicted molar refractivity (Wildman–Crippen MR) is 99.7 cm³/mol. The smallest absolute Gasteiger partial charge is 0.280 e. The summed E-state index contributed by atoms with van der Waals surface area (Å²) >= 11 is 0. The van der Waals surface area contributed by atoms with Crippen molar-refractivity contribution in [3.8, 4) is 0 Å². The van der Waals surface area contributed by atoms with Crippen LogP contribution in [0, 0.1) is 10.1 Å². The number of fused-ring (bicyclic) bond motifs is 1. The number of nitro benzene ring substituents is 1. The van der Waals surface area contributed by atoms with E-state index in [4.69, 9.17) is 10.2 Å². The molecule has 2 heterocycles. The first-order valence-corrected chi connectivity index (χ1v) is 7.49. The zero-order chi connectivity index (χ0) is 17.8. The summed E-state index contributed by atoms with van der Waals surface area (Å²) in [4.78, 5) is 15.4. The van der Waals surface area contributed by atoms with Crippen molar-refractivity contribution in [2.45, 2.75) is 0 Å². The van der Waals surface area contributed by atoms with Crippen LogP contribution in [0.2, 0.25) is 0 Å². The molecule has 6 nitrogen and oxygen atoms in total. The summed E-state index contributed by atoms with van der Waals surface area (Å²) in [6.07, 6.45) is 10.1. The number of hydrogen-bond donors (Lipinski definition) is 1. The average molecular weight is 333 g/mol. The van der Waals surface area contributed by atoms with Gasteiger partial charge in [0, 0.05) is 11.6 Å². The lowest BCUT2D eigenvalue weighted by Crippen LogP contribution is -2.01. The highest BCUT2D eigenvalue weighted by Gasteiger charge is 2.18. The van der Waals surface area contributed by atoms with E-state index >= 15 is 0 Å². The van der Waals surface area contributed by atoms with Crippen LogP contribution in [0.5, 0.6) is 0 Å². The van der Waals surface area contributed by atoms with E-state index in [1.807, 2.05) is 0 Å². The Balaban J connectivity index is 2.28. The molecule has 0 saturated heterocycles. The second kappa shape index (κ2) is 6.84. The van der Waals surface area contributed by atoms with Gasteiger partial charge in [-0.1, -0.05) is 24.8 Å². The quantitative estimate of drug-likeness (QED) is 0.415. The van der Waals surface area contributed by atoms with Crippen molar-refractivity contribution < 1.29 is 9.34 Å². The van der Waals surface area contributed by atoms with Gasteiger partial charge < -0.3 is 10.2 Å². The maximum Gasteiger partial charge on any atom is 0.280 e. The van der Waals surface area contributed by atoms with E-state index in [-0.39, 0.29) is 5.69 Å². The largest absolute Gasteiger partial charge is 0.465 e. The average Bonchev–Trinajstić information content (AvgIpc) is 3.12. The van der Waals surface area contributed by atoms with Gasteiger partial charge >= 0.3 is 0 Å². The molecule has 0 aliphatic rings. The summed E-state index contributed by atoms with van der Waals surface area (Å²) in [6, 6.07) is 8.27. The van der Waals surface area contributed by atoms with Gasteiger partial charge in [-0.05, 0) is 36.4 Å². The number of aromatic nitrogens is 1. The predicted octanol–water partition coefficient (Wildman–Crippen LogP) is 4.69. The zero-order valence-corrected chi connectivity index (χ0v) is 13.3. The molecular weight excluding hydrogens is 318 g/mol. The van der Waals surface area contributed by atoms with Crippen LogP contribution < -0.4 is 5.73 Å². The summed E-state index contributed by atoms with van der Waals surface area (Å²) < 4.78 is 5.28. The van der Waals surface area contributed by atoms with E-state index in [1.54, 1.807) is 60.9 Å². The molecule has 0 saturated carbocycles. The van der Waals surface area contributed by atoms with Gasteiger partial charge in [-0.2, -0.15) is 0 Å². The Morgan fingerprint density at radius 1 is 1.20 bits per heavy atom. The summed E-state index contributed by atoms with van der Waals surface area (Å²) in [7, 11) is 0. The van der Waals surface area contributed by atoms with Gasteiger partial charge in [-0.3, -0.25) is 10.1 Å². The van der Waals surface area contributed by atoms with Crippen molar-refractivity contribution in [1.82, 2.24) is 4.98 Å². The minimum absolute atomic E-state index is 0.0746. The lowest BCUT2D eigenvalue weighted by Gasteiger charge is -2.09. The fourth-order valence-electron chi connectivity index (χ4n) is 2.53. The van der Waals surface area contributed by atoms with Gasteiger partial charge in [0.25, 0.3) is 5.69 Å². The van der Waals surface area contributed by atoms with E-state index in [9.17, 15) is 10.1 Å². The molecule has 124 valence electrons. The van der Waals surface area contributed by atoms with Crippen LogP contribution in [0.25, 0.3) is 29.1 Å². The topological polar surface area (TPSA) is 95.2 Å². The Kier molecular flexibility index (Phi) is 4.43. The molecule has 2 aromatic heterocycles. The number of non-ortho nitro benzene ring substituents is 1. The van der Waals surface area contributed by atoms with E-state index in [0.717, 1.165) is 0 Å². The second-order valence-corrected chi connectivity index (χ2v) is 5.20. The minimum Gasteiger partial charge on any atom is -0.465 e. The van der Waals surface area contributed by atoms with Crippen molar-refractivity contribution in [1.29, 1.82) is 0 Å². The number of furan rings is 1. The number of nitrogens with two attached hydrogens (primary N) is 1. The van der Waals surface area contributed by atoms with Gasteiger partial charge in [0.2, 0.25) is 0 Å². The van der Waals surface area contributed by atoms with Gasteiger partial charge in [-0.15, -0.1) is 0 Å². The van der Waals surface area contributed by atoms with Gasteiger partial charge in [-0.25, -0.2) is 4.98 Å². The molecule has 25 heavy (non-hydrogen) atoms. The standard InChI is InChI=1S/C19H15N3O3/c1-2-3-7-15-14(11-10-13-6-5-12-25-13)19(20)18-16(21-15)8-4-9-17(18)22(23)24/h2-12H,1H2,(H2,20,21). The molecule has 2 N–H and O–H groups in total. The number of pyridine rings is 1. The van der Waals surface area contributed by atoms with Crippen molar-refractivity contribution in [3.05, 3.63) is 82.5 Å². The molecule has 0 unspecified atom stereocenters. The van der Waals surface area contributed by atoms with Crippen LogP contribution >= 0.6 is 0 Å². The van der Waals surface area contributed by atoms with Gasteiger partial charge in [0.1, 0.15) is 11.1 Å². The number of benzene rings is 1. The summed E-state index contributed by atoms with van der Waals surface area (Å²) in [6.45, 7) is 3.65. The normalized spacial score (nSPS) is 11.5. The molecule has 0 atom stereocenters. The number of anilines is 1. The highest BCUT2D eigenvalue weighted by molar-refractivity contribution is 6.03. The van der Waals surface area contributed by atoms with Crippen LogP contribution in [0.3, 0.4) is 0 Å². The third kappa shape index (κ3) is 3.18. The SMILES string of the molecule is C=CC=Cc1nc2cccc([N+](=O)[O-])c2c(N)c1C=Cc1ccco1. The molecule has 3 aromatic rings. The van der Waals surface area contributed by atoms with Crippen LogP contribution in [-0.2, 0) is 0 Å². The molecule has 3 rings (SSSR count). The van der Waals surface area contributed by atoms with Crippen molar-refractivity contribution >= 4 is 40.5 Å². The fourth-order valence-corrected chi connectivity index (χ4v) is 2.53.